The smallest absolute Gasteiger partial charge is 0.339 e. The normalized spacial score (nSPS) is 16.1. The maximum atomic E-state index is 11.7. The Kier molecular flexibility index (Phi) is 3.83. The third-order valence-corrected chi connectivity index (χ3v) is 3.56. The molecule has 2 bridgehead atoms. The molecular formula is C11H8Br2O4. The molecule has 17 heavy (non-hydrogen) atoms. The van der Waals surface area contributed by atoms with Crippen molar-refractivity contribution in [3.63, 3.8) is 0 Å². The molecule has 0 saturated heterocycles. The van der Waals surface area contributed by atoms with Crippen LogP contribution in [0.5, 0.6) is 0 Å². The molecular weight excluding hydrogens is 356 g/mol. The molecule has 0 radical (unpaired) electrons. The second-order valence-corrected chi connectivity index (χ2v) is 5.15. The zero-order valence-corrected chi connectivity index (χ0v) is 11.8. The Balaban J connectivity index is 2.51. The SMILES string of the molecule is O=C1OCCCOC(=O)c2cc(Br)c1cc2Br. The molecule has 2 aliphatic heterocycles. The lowest BCUT2D eigenvalue weighted by Crippen LogP contribution is -2.08. The summed E-state index contributed by atoms with van der Waals surface area (Å²) in [5.74, 6) is -0.836. The second-order valence-electron chi connectivity index (χ2n) is 3.44. The minimum atomic E-state index is -0.418. The van der Waals surface area contributed by atoms with E-state index in [9.17, 15) is 9.59 Å². The lowest BCUT2D eigenvalue weighted by molar-refractivity contribution is 0.0401. The number of esters is 2. The number of carbonyl (C=O) groups is 2. The predicted octanol–water partition coefficient (Wildman–Crippen LogP) is 2.93. The van der Waals surface area contributed by atoms with E-state index in [0.29, 0.717) is 26.5 Å². The first-order valence-corrected chi connectivity index (χ1v) is 6.51. The van der Waals surface area contributed by atoms with Gasteiger partial charge in [-0.15, -0.1) is 0 Å². The van der Waals surface area contributed by atoms with Gasteiger partial charge < -0.3 is 9.47 Å². The van der Waals surface area contributed by atoms with Gasteiger partial charge in [0.2, 0.25) is 0 Å². The molecule has 1 aromatic carbocycles. The van der Waals surface area contributed by atoms with Crippen LogP contribution in [0, 0.1) is 0 Å². The Bertz CT molecular complexity index is 441. The average molecular weight is 364 g/mol. The molecule has 0 N–H and O–H groups in total. The van der Waals surface area contributed by atoms with E-state index < -0.39 is 11.9 Å². The highest BCUT2D eigenvalue weighted by molar-refractivity contribution is 9.11. The van der Waals surface area contributed by atoms with Crippen LogP contribution in [0.2, 0.25) is 0 Å². The van der Waals surface area contributed by atoms with Crippen LogP contribution in [-0.4, -0.2) is 25.2 Å². The van der Waals surface area contributed by atoms with E-state index in [2.05, 4.69) is 31.9 Å². The first-order chi connectivity index (χ1) is 8.09. The first kappa shape index (κ1) is 12.6. The Labute approximate surface area is 115 Å². The van der Waals surface area contributed by atoms with Crippen molar-refractivity contribution >= 4 is 43.8 Å². The molecule has 2 aliphatic rings. The fourth-order valence-corrected chi connectivity index (χ4v) is 2.41. The van der Waals surface area contributed by atoms with E-state index in [1.165, 1.54) is 0 Å². The van der Waals surface area contributed by atoms with Crippen molar-refractivity contribution in [1.29, 1.82) is 0 Å². The van der Waals surface area contributed by atoms with E-state index in [4.69, 9.17) is 9.47 Å². The standard InChI is InChI=1S/C11H8Br2O4/c12-8-5-7-9(13)4-6(8)10(14)16-2-1-3-17-11(7)15/h4-5H,1-3H2. The first-order valence-electron chi connectivity index (χ1n) is 4.93. The van der Waals surface area contributed by atoms with E-state index >= 15 is 0 Å². The Morgan fingerprint density at radius 3 is 1.71 bits per heavy atom. The molecule has 1 aromatic rings. The molecule has 0 atom stereocenters. The van der Waals surface area contributed by atoms with Crippen LogP contribution in [0.4, 0.5) is 0 Å². The van der Waals surface area contributed by atoms with Gasteiger partial charge in [-0.25, -0.2) is 9.59 Å². The summed E-state index contributed by atoms with van der Waals surface area (Å²) in [5.41, 5.74) is 0.769. The number of halogens is 2. The average Bonchev–Trinajstić information content (AvgIpc) is 2.32. The molecule has 0 unspecified atom stereocenters. The van der Waals surface area contributed by atoms with Crippen molar-refractivity contribution in [3.8, 4) is 0 Å². The van der Waals surface area contributed by atoms with Crippen molar-refractivity contribution in [2.45, 2.75) is 6.42 Å². The van der Waals surface area contributed by atoms with Gasteiger partial charge in [0.15, 0.2) is 0 Å². The fraction of sp³-hybridized carbons (Fsp3) is 0.273. The summed E-state index contributed by atoms with van der Waals surface area (Å²) in [5, 5.41) is 0. The second kappa shape index (κ2) is 5.18. The quantitative estimate of drug-likeness (QED) is 0.665. The van der Waals surface area contributed by atoms with Gasteiger partial charge in [0, 0.05) is 15.4 Å². The van der Waals surface area contributed by atoms with Gasteiger partial charge >= 0.3 is 11.9 Å². The third-order valence-electron chi connectivity index (χ3n) is 2.25. The van der Waals surface area contributed by atoms with E-state index in [0.717, 1.165) is 0 Å². The van der Waals surface area contributed by atoms with Crippen LogP contribution in [0.25, 0.3) is 0 Å². The van der Waals surface area contributed by atoms with Crippen molar-refractivity contribution in [3.05, 3.63) is 32.2 Å². The summed E-state index contributed by atoms with van der Waals surface area (Å²) in [6.07, 6.45) is 0.493. The van der Waals surface area contributed by atoms with Gasteiger partial charge in [-0.2, -0.15) is 0 Å². The van der Waals surface area contributed by atoms with Crippen LogP contribution >= 0.6 is 31.9 Å². The summed E-state index contributed by atoms with van der Waals surface area (Å²) in [4.78, 5) is 23.4. The zero-order valence-electron chi connectivity index (χ0n) is 8.66. The van der Waals surface area contributed by atoms with Gasteiger partial charge in [0.1, 0.15) is 0 Å². The highest BCUT2D eigenvalue weighted by atomic mass is 79.9. The monoisotopic (exact) mass is 362 g/mol. The number of carbonyl (C=O) groups excluding carboxylic acids is 2. The van der Waals surface area contributed by atoms with Gasteiger partial charge in [0.25, 0.3) is 0 Å². The third kappa shape index (κ3) is 2.69. The summed E-state index contributed by atoms with van der Waals surface area (Å²) in [6.45, 7) is 0.466. The highest BCUT2D eigenvalue weighted by Gasteiger charge is 2.20. The predicted molar refractivity (Wildman–Crippen MR) is 67.0 cm³/mol. The molecule has 0 fully saturated rings. The van der Waals surface area contributed by atoms with Gasteiger partial charge in [-0.1, -0.05) is 0 Å². The fourth-order valence-electron chi connectivity index (χ4n) is 1.40. The topological polar surface area (TPSA) is 52.6 Å². The van der Waals surface area contributed by atoms with Crippen LogP contribution in [0.3, 0.4) is 0 Å². The Morgan fingerprint density at radius 1 is 0.882 bits per heavy atom. The van der Waals surface area contributed by atoms with E-state index in [1.807, 2.05) is 0 Å². The van der Waals surface area contributed by atoms with E-state index in [-0.39, 0.29) is 13.2 Å². The summed E-state index contributed by atoms with van der Waals surface area (Å²) in [7, 11) is 0. The molecule has 0 aliphatic carbocycles. The Morgan fingerprint density at radius 2 is 1.29 bits per heavy atom. The molecule has 0 saturated carbocycles. The molecule has 3 rings (SSSR count). The van der Waals surface area contributed by atoms with Crippen LogP contribution < -0.4 is 0 Å². The van der Waals surface area contributed by atoms with Gasteiger partial charge in [0.05, 0.1) is 24.3 Å². The molecule has 2 heterocycles. The summed E-state index contributed by atoms with van der Waals surface area (Å²) < 4.78 is 11.1. The minimum Gasteiger partial charge on any atom is -0.462 e. The molecule has 0 aromatic heterocycles. The van der Waals surface area contributed by atoms with E-state index in [1.54, 1.807) is 12.1 Å². The molecule has 4 nitrogen and oxygen atoms in total. The van der Waals surface area contributed by atoms with Crippen molar-refractivity contribution in [2.24, 2.45) is 0 Å². The highest BCUT2D eigenvalue weighted by Crippen LogP contribution is 2.27. The van der Waals surface area contributed by atoms with Crippen LogP contribution in [0.1, 0.15) is 27.1 Å². The maximum Gasteiger partial charge on any atom is 0.339 e. The molecule has 90 valence electrons. The largest absolute Gasteiger partial charge is 0.462 e. The van der Waals surface area contributed by atoms with Crippen LogP contribution in [0.15, 0.2) is 21.1 Å². The number of benzene rings is 1. The van der Waals surface area contributed by atoms with Crippen molar-refractivity contribution < 1.29 is 19.1 Å². The van der Waals surface area contributed by atoms with Crippen LogP contribution in [-0.2, 0) is 9.47 Å². The molecule has 0 spiro atoms. The number of rotatable bonds is 0. The summed E-state index contributed by atoms with van der Waals surface area (Å²) >= 11 is 6.48. The molecule has 6 heteroatoms. The summed E-state index contributed by atoms with van der Waals surface area (Å²) in [6, 6.07) is 3.10. The van der Waals surface area contributed by atoms with Crippen molar-refractivity contribution in [1.82, 2.24) is 0 Å². The number of ether oxygens (including phenoxy) is 2. The van der Waals surface area contributed by atoms with Crippen molar-refractivity contribution in [2.75, 3.05) is 13.2 Å². The number of fused-ring (bicyclic) bond motifs is 8. The molecule has 0 amide bonds. The maximum absolute atomic E-state index is 11.7. The minimum absolute atomic E-state index is 0.233. The number of hydrogen-bond acceptors (Lipinski definition) is 4. The van der Waals surface area contributed by atoms with Gasteiger partial charge in [-0.05, 0) is 44.0 Å². The lowest BCUT2D eigenvalue weighted by Gasteiger charge is -2.07. The number of hydrogen-bond donors (Lipinski definition) is 0. The Hall–Kier alpha value is -0.880. The lowest BCUT2D eigenvalue weighted by atomic mass is 10.1. The van der Waals surface area contributed by atoms with Gasteiger partial charge in [-0.3, -0.25) is 0 Å². The zero-order chi connectivity index (χ0) is 12.4.